The van der Waals surface area contributed by atoms with Crippen LogP contribution < -0.4 is 5.73 Å². The lowest BCUT2D eigenvalue weighted by atomic mass is 9.66. The third-order valence-corrected chi connectivity index (χ3v) is 5.11. The molecule has 0 aromatic heterocycles. The summed E-state index contributed by atoms with van der Waals surface area (Å²) < 4.78 is 0. The van der Waals surface area contributed by atoms with E-state index in [1.807, 2.05) is 4.90 Å². The Morgan fingerprint density at radius 3 is 2.35 bits per heavy atom. The Morgan fingerprint density at radius 2 is 1.90 bits per heavy atom. The van der Waals surface area contributed by atoms with Crippen LogP contribution in [-0.2, 0) is 9.59 Å². The van der Waals surface area contributed by atoms with E-state index in [1.54, 1.807) is 0 Å². The van der Waals surface area contributed by atoms with Crippen LogP contribution in [0.2, 0.25) is 0 Å². The molecule has 0 unspecified atom stereocenters. The molecule has 0 atom stereocenters. The van der Waals surface area contributed by atoms with E-state index in [-0.39, 0.29) is 17.7 Å². The zero-order valence-corrected chi connectivity index (χ0v) is 12.1. The quantitative estimate of drug-likeness (QED) is 0.775. The Morgan fingerprint density at radius 1 is 1.25 bits per heavy atom. The molecule has 0 spiro atoms. The average Bonchev–Trinajstić information content (AvgIpc) is 2.41. The van der Waals surface area contributed by atoms with Gasteiger partial charge in [-0.1, -0.05) is 6.42 Å². The van der Waals surface area contributed by atoms with E-state index in [0.29, 0.717) is 18.9 Å². The van der Waals surface area contributed by atoms with Crippen molar-refractivity contribution in [2.24, 2.45) is 17.1 Å². The summed E-state index contributed by atoms with van der Waals surface area (Å²) in [6.45, 7) is 2.18. The van der Waals surface area contributed by atoms with E-state index in [0.717, 1.165) is 45.2 Å². The third kappa shape index (κ3) is 3.72. The second-order valence-corrected chi connectivity index (χ2v) is 6.49. The maximum absolute atomic E-state index is 12.3. The lowest BCUT2D eigenvalue weighted by Gasteiger charge is -2.42. The lowest BCUT2D eigenvalue weighted by molar-refractivity contribution is -0.139. The number of carboxylic acids is 1. The molecule has 1 aliphatic carbocycles. The molecular weight excluding hydrogens is 256 g/mol. The molecule has 1 saturated heterocycles. The van der Waals surface area contributed by atoms with E-state index >= 15 is 0 Å². The van der Waals surface area contributed by atoms with Crippen LogP contribution in [0.1, 0.15) is 51.4 Å². The number of aliphatic carboxylic acids is 1. The molecule has 2 aliphatic rings. The zero-order valence-electron chi connectivity index (χ0n) is 12.1. The first-order chi connectivity index (χ1) is 9.54. The molecule has 1 amide bonds. The number of piperidine rings is 1. The molecular formula is C15H26N2O3. The first-order valence-corrected chi connectivity index (χ1v) is 7.74. The highest BCUT2D eigenvalue weighted by Crippen LogP contribution is 2.43. The number of hydrogen-bond donors (Lipinski definition) is 2. The van der Waals surface area contributed by atoms with E-state index in [9.17, 15) is 9.59 Å². The largest absolute Gasteiger partial charge is 0.481 e. The fraction of sp³-hybridized carbons (Fsp3) is 0.867. The third-order valence-electron chi connectivity index (χ3n) is 5.11. The number of carbonyl (C=O) groups is 2. The lowest BCUT2D eigenvalue weighted by Crippen LogP contribution is -2.45. The van der Waals surface area contributed by atoms with Gasteiger partial charge in [-0.05, 0) is 50.0 Å². The standard InChI is InChI=1S/C15H26N2O3/c16-11-15(6-1-7-15)10-13(18)17-8-4-12(5-9-17)2-3-14(19)20/h12H,1-11,16H2,(H,19,20). The molecule has 1 saturated carbocycles. The smallest absolute Gasteiger partial charge is 0.303 e. The molecule has 0 radical (unpaired) electrons. The molecule has 0 aromatic rings. The molecule has 5 heteroatoms. The number of nitrogens with two attached hydrogens (primary N) is 1. The van der Waals surface area contributed by atoms with Crippen LogP contribution in [0, 0.1) is 11.3 Å². The minimum atomic E-state index is -0.724. The summed E-state index contributed by atoms with van der Waals surface area (Å²) in [7, 11) is 0. The second kappa shape index (κ2) is 6.57. The minimum Gasteiger partial charge on any atom is -0.481 e. The van der Waals surface area contributed by atoms with Gasteiger partial charge in [0.2, 0.25) is 5.91 Å². The molecule has 5 nitrogen and oxygen atoms in total. The van der Waals surface area contributed by atoms with Crippen molar-refractivity contribution in [3.63, 3.8) is 0 Å². The predicted molar refractivity (Wildman–Crippen MR) is 76.1 cm³/mol. The first-order valence-electron chi connectivity index (χ1n) is 7.74. The molecule has 2 fully saturated rings. The van der Waals surface area contributed by atoms with Gasteiger partial charge >= 0.3 is 5.97 Å². The van der Waals surface area contributed by atoms with Gasteiger partial charge in [-0.2, -0.15) is 0 Å². The van der Waals surface area contributed by atoms with Crippen LogP contribution in [0.15, 0.2) is 0 Å². The van der Waals surface area contributed by atoms with E-state index in [2.05, 4.69) is 0 Å². The van der Waals surface area contributed by atoms with Crippen molar-refractivity contribution in [2.45, 2.75) is 51.4 Å². The first kappa shape index (κ1) is 15.3. The van der Waals surface area contributed by atoms with Gasteiger partial charge in [0.1, 0.15) is 0 Å². The number of hydrogen-bond acceptors (Lipinski definition) is 3. The number of carbonyl (C=O) groups excluding carboxylic acids is 1. The Labute approximate surface area is 120 Å². The zero-order chi connectivity index (χ0) is 14.6. The molecule has 20 heavy (non-hydrogen) atoms. The van der Waals surface area contributed by atoms with Gasteiger partial charge in [-0.25, -0.2) is 0 Å². The van der Waals surface area contributed by atoms with Gasteiger partial charge in [0.25, 0.3) is 0 Å². The highest BCUT2D eigenvalue weighted by Gasteiger charge is 2.39. The summed E-state index contributed by atoms with van der Waals surface area (Å²) in [5.41, 5.74) is 5.89. The molecule has 1 aliphatic heterocycles. The van der Waals surface area contributed by atoms with Crippen molar-refractivity contribution in [3.8, 4) is 0 Å². The predicted octanol–water partition coefficient (Wildman–Crippen LogP) is 1.61. The van der Waals surface area contributed by atoms with Gasteiger partial charge in [0.15, 0.2) is 0 Å². The van der Waals surface area contributed by atoms with Crippen molar-refractivity contribution in [1.82, 2.24) is 4.90 Å². The number of amides is 1. The molecule has 114 valence electrons. The van der Waals surface area contributed by atoms with Crippen molar-refractivity contribution < 1.29 is 14.7 Å². The number of nitrogens with zero attached hydrogens (tertiary/aromatic N) is 1. The summed E-state index contributed by atoms with van der Waals surface area (Å²) in [6, 6.07) is 0. The van der Waals surface area contributed by atoms with E-state index in [4.69, 9.17) is 10.8 Å². The SMILES string of the molecule is NCC1(CC(=O)N2CCC(CCC(=O)O)CC2)CCC1. The van der Waals surface area contributed by atoms with E-state index < -0.39 is 5.97 Å². The molecule has 1 heterocycles. The number of likely N-dealkylation sites (tertiary alicyclic amines) is 1. The van der Waals surface area contributed by atoms with Crippen molar-refractivity contribution in [1.29, 1.82) is 0 Å². The minimum absolute atomic E-state index is 0.0806. The Balaban J connectivity index is 1.73. The van der Waals surface area contributed by atoms with Crippen LogP contribution in [0.25, 0.3) is 0 Å². The fourth-order valence-electron chi connectivity index (χ4n) is 3.36. The van der Waals surface area contributed by atoms with Crippen LogP contribution in [-0.4, -0.2) is 41.5 Å². The van der Waals surface area contributed by atoms with Crippen molar-refractivity contribution >= 4 is 11.9 Å². The van der Waals surface area contributed by atoms with Crippen LogP contribution in [0.5, 0.6) is 0 Å². The Hall–Kier alpha value is -1.10. The van der Waals surface area contributed by atoms with Crippen LogP contribution >= 0.6 is 0 Å². The summed E-state index contributed by atoms with van der Waals surface area (Å²) in [4.78, 5) is 24.8. The summed E-state index contributed by atoms with van der Waals surface area (Å²) in [5, 5.41) is 8.70. The Bertz CT molecular complexity index is 353. The number of rotatable bonds is 6. The molecule has 2 rings (SSSR count). The highest BCUT2D eigenvalue weighted by molar-refractivity contribution is 5.77. The Kier molecular flexibility index (Phi) is 5.02. The molecule has 0 bridgehead atoms. The van der Waals surface area contributed by atoms with Crippen molar-refractivity contribution in [2.75, 3.05) is 19.6 Å². The van der Waals surface area contributed by atoms with Gasteiger partial charge in [-0.15, -0.1) is 0 Å². The van der Waals surface area contributed by atoms with Crippen LogP contribution in [0.3, 0.4) is 0 Å². The highest BCUT2D eigenvalue weighted by atomic mass is 16.4. The molecule has 3 N–H and O–H groups in total. The summed E-state index contributed by atoms with van der Waals surface area (Å²) >= 11 is 0. The number of carboxylic acid groups (broad SMARTS) is 1. The van der Waals surface area contributed by atoms with Crippen LogP contribution in [0.4, 0.5) is 0 Å². The topological polar surface area (TPSA) is 83.6 Å². The maximum atomic E-state index is 12.3. The maximum Gasteiger partial charge on any atom is 0.303 e. The summed E-state index contributed by atoms with van der Waals surface area (Å²) in [6.07, 6.45) is 6.84. The van der Waals surface area contributed by atoms with Gasteiger partial charge in [0, 0.05) is 25.9 Å². The summed E-state index contributed by atoms with van der Waals surface area (Å²) in [5.74, 6) is -0.0208. The van der Waals surface area contributed by atoms with Gasteiger partial charge in [0.05, 0.1) is 0 Å². The van der Waals surface area contributed by atoms with E-state index in [1.165, 1.54) is 6.42 Å². The van der Waals surface area contributed by atoms with Crippen molar-refractivity contribution in [3.05, 3.63) is 0 Å². The second-order valence-electron chi connectivity index (χ2n) is 6.49. The van der Waals surface area contributed by atoms with Gasteiger partial charge in [-0.3, -0.25) is 9.59 Å². The fourth-order valence-corrected chi connectivity index (χ4v) is 3.36. The normalized spacial score (nSPS) is 22.4. The molecule has 0 aromatic carbocycles. The average molecular weight is 282 g/mol. The monoisotopic (exact) mass is 282 g/mol. The van der Waals surface area contributed by atoms with Gasteiger partial charge < -0.3 is 15.7 Å².